The maximum absolute atomic E-state index is 2.42. The quantitative estimate of drug-likeness (QED) is 0.185. The van der Waals surface area contributed by atoms with Gasteiger partial charge in [0.25, 0.3) is 0 Å². The summed E-state index contributed by atoms with van der Waals surface area (Å²) in [7, 11) is 0. The summed E-state index contributed by atoms with van der Waals surface area (Å²) in [5.41, 5.74) is 16.4. The number of para-hydroxylation sites is 2. The molecule has 0 heterocycles. The minimum Gasteiger partial charge on any atom is -0.311 e. The van der Waals surface area contributed by atoms with Crippen LogP contribution in [0.2, 0.25) is 0 Å². The van der Waals surface area contributed by atoms with E-state index in [9.17, 15) is 0 Å². The molecule has 0 unspecified atom stereocenters. The van der Waals surface area contributed by atoms with Crippen molar-refractivity contribution < 1.29 is 0 Å². The lowest BCUT2D eigenvalue weighted by Crippen LogP contribution is -2.09. The van der Waals surface area contributed by atoms with Gasteiger partial charge in [0.05, 0.1) is 0 Å². The molecule has 1 nitrogen and oxygen atoms in total. The second kappa shape index (κ2) is 11.1. The van der Waals surface area contributed by atoms with Gasteiger partial charge in [0.2, 0.25) is 0 Å². The molecule has 10 rings (SSSR count). The van der Waals surface area contributed by atoms with Crippen molar-refractivity contribution in [2.24, 2.45) is 0 Å². The second-order valence-corrected chi connectivity index (χ2v) is 12.9. The fourth-order valence-electron chi connectivity index (χ4n) is 7.95. The molecule has 0 radical (unpaired) electrons. The Labute approximate surface area is 286 Å². The number of hydrogen-bond acceptors (Lipinski definition) is 1. The van der Waals surface area contributed by atoms with Gasteiger partial charge in [0.15, 0.2) is 0 Å². The third-order valence-electron chi connectivity index (χ3n) is 10.1. The summed E-state index contributed by atoms with van der Waals surface area (Å²) in [5.74, 6) is 0. The average molecular weight is 622 g/mol. The number of nitrogens with zero attached hydrogens (tertiary/aromatic N) is 1. The van der Waals surface area contributed by atoms with Gasteiger partial charge in [-0.1, -0.05) is 127 Å². The molecule has 0 fully saturated rings. The van der Waals surface area contributed by atoms with Crippen molar-refractivity contribution in [3.8, 4) is 0 Å². The summed E-state index contributed by atoms with van der Waals surface area (Å²) in [5, 5.41) is 5.05. The SMILES string of the molecule is c1ccc(C2=C3C(=C(c4ccc(N(c5ccccc5)c5ccccc5)cc4)c4cc5ccccc5cc43)c3cc4ccccc4cc32)cc1. The van der Waals surface area contributed by atoms with Gasteiger partial charge < -0.3 is 4.90 Å². The summed E-state index contributed by atoms with van der Waals surface area (Å²) in [6.45, 7) is 0. The summed E-state index contributed by atoms with van der Waals surface area (Å²) in [6.07, 6.45) is 0. The third-order valence-corrected chi connectivity index (χ3v) is 10.1. The average Bonchev–Trinajstić information content (AvgIpc) is 3.66. The lowest BCUT2D eigenvalue weighted by Gasteiger charge is -2.25. The van der Waals surface area contributed by atoms with Crippen LogP contribution in [0.5, 0.6) is 0 Å². The zero-order valence-corrected chi connectivity index (χ0v) is 26.8. The van der Waals surface area contributed by atoms with Crippen molar-refractivity contribution in [1.29, 1.82) is 0 Å². The Morgan fingerprint density at radius 2 is 0.551 bits per heavy atom. The van der Waals surface area contributed by atoms with Gasteiger partial charge in [-0.05, 0) is 138 Å². The van der Waals surface area contributed by atoms with Crippen LogP contribution < -0.4 is 4.90 Å². The Hall–Kier alpha value is -6.44. The highest BCUT2D eigenvalue weighted by molar-refractivity contribution is 6.36. The lowest BCUT2D eigenvalue weighted by molar-refractivity contribution is 1.28. The Kier molecular flexibility index (Phi) is 6.25. The van der Waals surface area contributed by atoms with Crippen molar-refractivity contribution in [2.45, 2.75) is 0 Å². The Morgan fingerprint density at radius 1 is 0.245 bits per heavy atom. The molecular formula is C48H31N. The molecular weight excluding hydrogens is 591 g/mol. The first kappa shape index (κ1) is 27.7. The molecule has 0 bridgehead atoms. The highest BCUT2D eigenvalue weighted by Crippen LogP contribution is 2.59. The smallest absolute Gasteiger partial charge is 0.0462 e. The first-order chi connectivity index (χ1) is 24.3. The Morgan fingerprint density at radius 3 is 0.959 bits per heavy atom. The predicted octanol–water partition coefficient (Wildman–Crippen LogP) is 12.7. The van der Waals surface area contributed by atoms with Crippen molar-refractivity contribution in [3.05, 3.63) is 221 Å². The van der Waals surface area contributed by atoms with Crippen molar-refractivity contribution in [2.75, 3.05) is 4.90 Å². The van der Waals surface area contributed by atoms with E-state index in [0.29, 0.717) is 0 Å². The molecule has 8 aromatic rings. The third kappa shape index (κ3) is 4.40. The molecule has 0 atom stereocenters. The zero-order chi connectivity index (χ0) is 32.3. The first-order valence-electron chi connectivity index (χ1n) is 16.9. The maximum Gasteiger partial charge on any atom is 0.0462 e. The van der Waals surface area contributed by atoms with Crippen LogP contribution >= 0.6 is 0 Å². The molecule has 2 aliphatic rings. The van der Waals surface area contributed by atoms with Crippen molar-refractivity contribution in [1.82, 2.24) is 0 Å². The molecule has 0 amide bonds. The van der Waals surface area contributed by atoms with E-state index in [4.69, 9.17) is 0 Å². The minimum absolute atomic E-state index is 1.13. The fraction of sp³-hybridized carbons (Fsp3) is 0. The molecule has 228 valence electrons. The monoisotopic (exact) mass is 621 g/mol. The van der Waals surface area contributed by atoms with Crippen LogP contribution in [0, 0.1) is 0 Å². The summed E-state index contributed by atoms with van der Waals surface area (Å²) in [4.78, 5) is 2.33. The number of benzene rings is 8. The number of anilines is 3. The molecule has 0 spiro atoms. The first-order valence-corrected chi connectivity index (χ1v) is 16.9. The molecule has 1 heteroatoms. The van der Waals surface area contributed by atoms with Gasteiger partial charge in [-0.15, -0.1) is 0 Å². The number of rotatable bonds is 5. The van der Waals surface area contributed by atoms with Crippen LogP contribution in [-0.4, -0.2) is 0 Å². The van der Waals surface area contributed by atoms with Crippen LogP contribution in [0.15, 0.2) is 188 Å². The van der Waals surface area contributed by atoms with E-state index >= 15 is 0 Å². The van der Waals surface area contributed by atoms with Crippen LogP contribution in [0.4, 0.5) is 17.1 Å². The van der Waals surface area contributed by atoms with Gasteiger partial charge in [0, 0.05) is 17.1 Å². The van der Waals surface area contributed by atoms with E-state index in [0.717, 1.165) is 17.1 Å². The van der Waals surface area contributed by atoms with Gasteiger partial charge in [-0.3, -0.25) is 0 Å². The fourth-order valence-corrected chi connectivity index (χ4v) is 7.95. The summed E-state index contributed by atoms with van der Waals surface area (Å²) >= 11 is 0. The van der Waals surface area contributed by atoms with E-state index in [-0.39, 0.29) is 0 Å². The van der Waals surface area contributed by atoms with Gasteiger partial charge >= 0.3 is 0 Å². The van der Waals surface area contributed by atoms with Crippen LogP contribution in [0.1, 0.15) is 33.4 Å². The van der Waals surface area contributed by atoms with E-state index in [1.165, 1.54) is 77.2 Å². The Bertz CT molecular complexity index is 2570. The van der Waals surface area contributed by atoms with E-state index in [1.807, 2.05) is 0 Å². The molecule has 8 aromatic carbocycles. The highest BCUT2D eigenvalue weighted by atomic mass is 15.1. The molecule has 0 aliphatic heterocycles. The van der Waals surface area contributed by atoms with Crippen LogP contribution in [0.3, 0.4) is 0 Å². The molecule has 0 saturated carbocycles. The number of fused-ring (bicyclic) bond motifs is 7. The van der Waals surface area contributed by atoms with Gasteiger partial charge in [-0.25, -0.2) is 0 Å². The standard InChI is InChI=1S/C48H31N/c1-4-14-32(15-5-1)45-41-28-34-16-10-12-18-36(34)30-43(41)48-46(42-29-35-17-11-13-19-37(35)31-44(42)47(45)48)33-24-26-40(27-25-33)49(38-20-6-2-7-21-38)39-22-8-3-9-23-39/h1-31H. The van der Waals surface area contributed by atoms with Gasteiger partial charge in [-0.2, -0.15) is 0 Å². The molecule has 0 saturated heterocycles. The van der Waals surface area contributed by atoms with E-state index in [2.05, 4.69) is 193 Å². The van der Waals surface area contributed by atoms with Gasteiger partial charge in [0.1, 0.15) is 0 Å². The topological polar surface area (TPSA) is 3.24 Å². The molecule has 0 N–H and O–H groups in total. The normalized spacial score (nSPS) is 13.1. The predicted molar refractivity (Wildman–Crippen MR) is 207 cm³/mol. The summed E-state index contributed by atoms with van der Waals surface area (Å²) in [6, 6.07) is 68.6. The van der Waals surface area contributed by atoms with E-state index < -0.39 is 0 Å². The zero-order valence-electron chi connectivity index (χ0n) is 26.8. The molecule has 2 aliphatic carbocycles. The summed E-state index contributed by atoms with van der Waals surface area (Å²) < 4.78 is 0. The number of allylic oxidation sites excluding steroid dienone is 2. The second-order valence-electron chi connectivity index (χ2n) is 12.9. The number of hydrogen-bond donors (Lipinski definition) is 0. The highest BCUT2D eigenvalue weighted by Gasteiger charge is 2.38. The molecule has 49 heavy (non-hydrogen) atoms. The largest absolute Gasteiger partial charge is 0.311 e. The minimum atomic E-state index is 1.13. The van der Waals surface area contributed by atoms with Crippen LogP contribution in [-0.2, 0) is 0 Å². The molecule has 0 aromatic heterocycles. The maximum atomic E-state index is 2.42. The van der Waals surface area contributed by atoms with E-state index in [1.54, 1.807) is 0 Å². The van der Waals surface area contributed by atoms with Crippen molar-refractivity contribution >= 4 is 60.9 Å². The lowest BCUT2D eigenvalue weighted by atomic mass is 9.89. The van der Waals surface area contributed by atoms with Crippen molar-refractivity contribution in [3.63, 3.8) is 0 Å². The van der Waals surface area contributed by atoms with Crippen LogP contribution in [0.25, 0.3) is 43.8 Å². The Balaban J connectivity index is 1.25.